The first-order valence-electron chi connectivity index (χ1n) is 6.53. The first-order chi connectivity index (χ1) is 11.1. The summed E-state index contributed by atoms with van der Waals surface area (Å²) >= 11 is 4.50. The summed E-state index contributed by atoms with van der Waals surface area (Å²) in [6.45, 7) is 0. The third-order valence-electron chi connectivity index (χ3n) is 2.76. The third-order valence-corrected chi connectivity index (χ3v) is 4.29. The molecule has 0 radical (unpaired) electrons. The number of nitrogens with zero attached hydrogens (tertiary/aromatic N) is 3. The Labute approximate surface area is 145 Å². The van der Waals surface area contributed by atoms with Gasteiger partial charge in [0.1, 0.15) is 0 Å². The molecule has 2 aromatic rings. The van der Waals surface area contributed by atoms with Crippen LogP contribution in [0.15, 0.2) is 63.2 Å². The molecule has 0 aliphatic heterocycles. The molecule has 0 unspecified atom stereocenters. The molecule has 0 atom stereocenters. The van der Waals surface area contributed by atoms with Crippen molar-refractivity contribution in [3.8, 4) is 0 Å². The highest BCUT2D eigenvalue weighted by atomic mass is 79.9. The third kappa shape index (κ3) is 5.50. The number of thioether (sulfide) groups is 1. The van der Waals surface area contributed by atoms with Gasteiger partial charge in [-0.15, -0.1) is 5.10 Å². The molecule has 0 bridgehead atoms. The van der Waals surface area contributed by atoms with E-state index in [-0.39, 0.29) is 5.69 Å². The zero-order valence-corrected chi connectivity index (χ0v) is 14.3. The van der Waals surface area contributed by atoms with Gasteiger partial charge in [-0.2, -0.15) is 5.10 Å². The van der Waals surface area contributed by atoms with Crippen LogP contribution < -0.4 is 5.73 Å². The fourth-order valence-electron chi connectivity index (χ4n) is 1.66. The maximum Gasteiger partial charge on any atom is 0.284 e. The maximum absolute atomic E-state index is 10.9. The van der Waals surface area contributed by atoms with Gasteiger partial charge in [0.05, 0.1) is 15.6 Å². The van der Waals surface area contributed by atoms with Gasteiger partial charge in [-0.1, -0.05) is 48.2 Å². The van der Waals surface area contributed by atoms with Crippen LogP contribution in [-0.2, 0) is 5.75 Å². The molecule has 2 aromatic carbocycles. The summed E-state index contributed by atoms with van der Waals surface area (Å²) in [6, 6.07) is 14.6. The number of benzene rings is 2. The van der Waals surface area contributed by atoms with Crippen molar-refractivity contribution in [2.45, 2.75) is 5.75 Å². The standard InChI is InChI=1S/C15H13BrN4O2S/c16-13-7-6-12(8-14(13)20(21)22)9-18-19-15(17)23-10-11-4-2-1-3-5-11/h1-9H,10H2,(H2,17,19). The zero-order chi connectivity index (χ0) is 16.7. The van der Waals surface area contributed by atoms with Crippen molar-refractivity contribution in [3.63, 3.8) is 0 Å². The fourth-order valence-corrected chi connectivity index (χ4v) is 2.67. The molecule has 23 heavy (non-hydrogen) atoms. The summed E-state index contributed by atoms with van der Waals surface area (Å²) in [5.74, 6) is 0.704. The number of amidine groups is 1. The summed E-state index contributed by atoms with van der Waals surface area (Å²) in [7, 11) is 0. The molecule has 0 aliphatic rings. The molecule has 0 amide bonds. The summed E-state index contributed by atoms with van der Waals surface area (Å²) in [4.78, 5) is 10.4. The molecule has 0 aliphatic carbocycles. The van der Waals surface area contributed by atoms with Crippen LogP contribution in [0, 0.1) is 10.1 Å². The minimum Gasteiger partial charge on any atom is -0.377 e. The number of rotatable bonds is 5. The molecule has 0 fully saturated rings. The Morgan fingerprint density at radius 2 is 2.04 bits per heavy atom. The molecule has 0 heterocycles. The van der Waals surface area contributed by atoms with Gasteiger partial charge in [0, 0.05) is 17.4 Å². The van der Waals surface area contributed by atoms with Crippen molar-refractivity contribution in [2.75, 3.05) is 0 Å². The van der Waals surface area contributed by atoms with E-state index in [1.54, 1.807) is 12.1 Å². The molecular weight excluding hydrogens is 380 g/mol. The number of hydrogen-bond acceptors (Lipinski definition) is 5. The highest BCUT2D eigenvalue weighted by molar-refractivity contribution is 9.10. The highest BCUT2D eigenvalue weighted by Gasteiger charge is 2.11. The van der Waals surface area contributed by atoms with Crippen LogP contribution in [0.25, 0.3) is 0 Å². The SMILES string of the molecule is NC(=NN=Cc1ccc(Br)c([N+](=O)[O-])c1)SCc1ccccc1. The maximum atomic E-state index is 10.9. The lowest BCUT2D eigenvalue weighted by atomic mass is 10.2. The van der Waals surface area contributed by atoms with Gasteiger partial charge in [-0.05, 0) is 27.6 Å². The van der Waals surface area contributed by atoms with E-state index >= 15 is 0 Å². The summed E-state index contributed by atoms with van der Waals surface area (Å²) in [6.07, 6.45) is 1.43. The summed E-state index contributed by atoms with van der Waals surface area (Å²) < 4.78 is 0.418. The topological polar surface area (TPSA) is 93.9 Å². The lowest BCUT2D eigenvalue weighted by Gasteiger charge is -1.99. The Kier molecular flexibility index (Phi) is 6.30. The van der Waals surface area contributed by atoms with Crippen LogP contribution in [0.2, 0.25) is 0 Å². The van der Waals surface area contributed by atoms with E-state index in [9.17, 15) is 10.1 Å². The Morgan fingerprint density at radius 1 is 1.30 bits per heavy atom. The van der Waals surface area contributed by atoms with Crippen LogP contribution in [0.5, 0.6) is 0 Å². The quantitative estimate of drug-likeness (QED) is 0.360. The Bertz CT molecular complexity index is 750. The summed E-state index contributed by atoms with van der Waals surface area (Å²) in [5.41, 5.74) is 7.46. The monoisotopic (exact) mass is 392 g/mol. The molecular formula is C15H13BrN4O2S. The summed E-state index contributed by atoms with van der Waals surface area (Å²) in [5, 5.41) is 18.9. The second-order valence-corrected chi connectivity index (χ2v) is 6.28. The van der Waals surface area contributed by atoms with Gasteiger partial charge in [-0.25, -0.2) is 0 Å². The smallest absolute Gasteiger partial charge is 0.284 e. The molecule has 118 valence electrons. The molecule has 6 nitrogen and oxygen atoms in total. The van der Waals surface area contributed by atoms with Gasteiger partial charge < -0.3 is 5.73 Å². The van der Waals surface area contributed by atoms with Gasteiger partial charge in [0.2, 0.25) is 0 Å². The molecule has 2 N–H and O–H groups in total. The first kappa shape index (κ1) is 17.2. The average molecular weight is 393 g/mol. The van der Waals surface area contributed by atoms with Crippen LogP contribution in [0.1, 0.15) is 11.1 Å². The van der Waals surface area contributed by atoms with Crippen LogP contribution >= 0.6 is 27.7 Å². The number of hydrogen-bond donors (Lipinski definition) is 1. The predicted octanol–water partition coefficient (Wildman–Crippen LogP) is 3.94. The number of halogens is 1. The minimum absolute atomic E-state index is 0.0237. The Balaban J connectivity index is 1.97. The van der Waals surface area contributed by atoms with Crippen molar-refractivity contribution in [1.82, 2.24) is 0 Å². The molecule has 0 saturated carbocycles. The molecule has 0 saturated heterocycles. The van der Waals surface area contributed by atoms with Crippen LogP contribution in [0.3, 0.4) is 0 Å². The van der Waals surface area contributed by atoms with Crippen molar-refractivity contribution < 1.29 is 4.92 Å². The van der Waals surface area contributed by atoms with Crippen molar-refractivity contribution >= 4 is 44.8 Å². The normalized spacial score (nSPS) is 11.8. The number of nitro groups is 1. The van der Waals surface area contributed by atoms with E-state index in [0.717, 1.165) is 5.56 Å². The largest absolute Gasteiger partial charge is 0.377 e. The highest BCUT2D eigenvalue weighted by Crippen LogP contribution is 2.25. The average Bonchev–Trinajstić information content (AvgIpc) is 2.55. The van der Waals surface area contributed by atoms with Crippen LogP contribution in [0.4, 0.5) is 5.69 Å². The van der Waals surface area contributed by atoms with Gasteiger partial charge in [0.25, 0.3) is 5.69 Å². The Morgan fingerprint density at radius 3 is 2.74 bits per heavy atom. The van der Waals surface area contributed by atoms with Crippen molar-refractivity contribution in [3.05, 3.63) is 74.2 Å². The van der Waals surface area contributed by atoms with Crippen molar-refractivity contribution in [2.24, 2.45) is 15.9 Å². The van der Waals surface area contributed by atoms with E-state index in [1.165, 1.54) is 24.0 Å². The van der Waals surface area contributed by atoms with Crippen molar-refractivity contribution in [1.29, 1.82) is 0 Å². The Hall–Kier alpha value is -2.19. The first-order valence-corrected chi connectivity index (χ1v) is 8.31. The van der Waals surface area contributed by atoms with E-state index in [2.05, 4.69) is 26.1 Å². The minimum atomic E-state index is -0.464. The lowest BCUT2D eigenvalue weighted by molar-refractivity contribution is -0.385. The second-order valence-electron chi connectivity index (χ2n) is 4.43. The van der Waals surface area contributed by atoms with Gasteiger partial charge >= 0.3 is 0 Å². The number of nitrogens with two attached hydrogens (primary N) is 1. The molecule has 2 rings (SSSR count). The number of nitro benzene ring substituents is 1. The van der Waals surface area contributed by atoms with E-state index in [1.807, 2.05) is 30.3 Å². The van der Waals surface area contributed by atoms with E-state index in [0.29, 0.717) is 21.0 Å². The van der Waals surface area contributed by atoms with Crippen LogP contribution in [-0.4, -0.2) is 16.3 Å². The zero-order valence-electron chi connectivity index (χ0n) is 11.9. The molecule has 8 heteroatoms. The molecule has 0 aromatic heterocycles. The predicted molar refractivity (Wildman–Crippen MR) is 97.7 cm³/mol. The molecule has 0 spiro atoms. The van der Waals surface area contributed by atoms with E-state index in [4.69, 9.17) is 5.73 Å². The van der Waals surface area contributed by atoms with E-state index < -0.39 is 4.92 Å². The lowest BCUT2D eigenvalue weighted by Crippen LogP contribution is -2.06. The second kappa shape index (κ2) is 8.44. The van der Waals surface area contributed by atoms with Gasteiger partial charge in [-0.3, -0.25) is 10.1 Å². The van der Waals surface area contributed by atoms with Gasteiger partial charge in [0.15, 0.2) is 5.17 Å². The fraction of sp³-hybridized carbons (Fsp3) is 0.0667.